The minimum atomic E-state index is -4.44. The first-order chi connectivity index (χ1) is 7.43. The van der Waals surface area contributed by atoms with E-state index in [4.69, 9.17) is 10.3 Å². The maximum atomic E-state index is 11.3. The number of carbonyl (C=O) groups is 1. The summed E-state index contributed by atoms with van der Waals surface area (Å²) in [6.45, 7) is 0. The third-order valence-electron chi connectivity index (χ3n) is 3.52. The van der Waals surface area contributed by atoms with Gasteiger partial charge in [-0.05, 0) is 18.8 Å². The first kappa shape index (κ1) is 11.8. The highest BCUT2D eigenvalue weighted by Gasteiger charge is 2.54. The number of rotatable bonds is 2. The fraction of sp³-hybridized carbons (Fsp3) is 0.889. The summed E-state index contributed by atoms with van der Waals surface area (Å²) in [6, 6.07) is -1.31. The van der Waals surface area contributed by atoms with Gasteiger partial charge in [-0.3, -0.25) is 9.35 Å². The molecule has 0 aromatic heterocycles. The molecule has 2 rings (SSSR count). The zero-order chi connectivity index (χ0) is 11.9. The predicted molar refractivity (Wildman–Crippen MR) is 56.7 cm³/mol. The van der Waals surface area contributed by atoms with E-state index in [9.17, 15) is 13.2 Å². The van der Waals surface area contributed by atoms with Crippen molar-refractivity contribution < 1.29 is 17.8 Å². The van der Waals surface area contributed by atoms with Crippen LogP contribution in [0.2, 0.25) is 0 Å². The molecule has 92 valence electrons. The van der Waals surface area contributed by atoms with Gasteiger partial charge in [0.05, 0.1) is 6.04 Å². The molecule has 1 saturated carbocycles. The van der Waals surface area contributed by atoms with Gasteiger partial charge < -0.3 is 5.73 Å². The predicted octanol–water partition coefficient (Wildman–Crippen LogP) is -0.0924. The highest BCUT2D eigenvalue weighted by atomic mass is 32.2. The molecule has 2 aliphatic rings. The average molecular weight is 248 g/mol. The third kappa shape index (κ3) is 1.83. The normalized spacial score (nSPS) is 32.6. The fourth-order valence-corrected chi connectivity index (χ4v) is 3.69. The molecule has 1 aliphatic heterocycles. The van der Waals surface area contributed by atoms with Gasteiger partial charge >= 0.3 is 10.3 Å². The van der Waals surface area contributed by atoms with Crippen LogP contribution in [0.15, 0.2) is 0 Å². The molecule has 6 nitrogen and oxygen atoms in total. The quantitative estimate of drug-likeness (QED) is 0.525. The van der Waals surface area contributed by atoms with E-state index in [1.807, 2.05) is 0 Å². The standard InChI is InChI=1S/C9H16N2O4S/c10-7-8(6-4-2-1-3-5-6)11(9(7)12)16(13,14)15/h6-8H,1-5,10H2,(H,13,14,15)/t7-,8?/m0/s1. The van der Waals surface area contributed by atoms with Crippen molar-refractivity contribution >= 4 is 16.2 Å². The summed E-state index contributed by atoms with van der Waals surface area (Å²) in [4.78, 5) is 11.3. The summed E-state index contributed by atoms with van der Waals surface area (Å²) in [7, 11) is -4.44. The number of nitrogens with zero attached hydrogens (tertiary/aromatic N) is 1. The minimum Gasteiger partial charge on any atom is -0.318 e. The maximum absolute atomic E-state index is 11.3. The van der Waals surface area contributed by atoms with E-state index >= 15 is 0 Å². The van der Waals surface area contributed by atoms with Crippen molar-refractivity contribution in [3.63, 3.8) is 0 Å². The Morgan fingerprint density at radius 1 is 1.25 bits per heavy atom. The van der Waals surface area contributed by atoms with Crippen LogP contribution in [-0.2, 0) is 15.1 Å². The Bertz CT molecular complexity index is 388. The number of β-lactam (4-membered cyclic amide) rings is 1. The molecule has 1 amide bonds. The molecule has 0 bridgehead atoms. The number of nitrogens with two attached hydrogens (primary N) is 1. The van der Waals surface area contributed by atoms with E-state index in [1.165, 1.54) is 0 Å². The van der Waals surface area contributed by atoms with Gasteiger partial charge in [-0.1, -0.05) is 19.3 Å². The molecule has 1 unspecified atom stereocenters. The molecule has 2 fully saturated rings. The third-order valence-corrected chi connectivity index (χ3v) is 4.44. The highest BCUT2D eigenvalue weighted by molar-refractivity contribution is 7.84. The monoisotopic (exact) mass is 248 g/mol. The largest absolute Gasteiger partial charge is 0.362 e. The Labute approximate surface area is 94.7 Å². The Balaban J connectivity index is 2.16. The van der Waals surface area contributed by atoms with Crippen molar-refractivity contribution in [3.05, 3.63) is 0 Å². The first-order valence-corrected chi connectivity index (χ1v) is 6.89. The van der Waals surface area contributed by atoms with Gasteiger partial charge in [-0.25, -0.2) is 4.31 Å². The molecule has 16 heavy (non-hydrogen) atoms. The van der Waals surface area contributed by atoms with Crippen LogP contribution < -0.4 is 5.73 Å². The van der Waals surface area contributed by atoms with Crippen LogP contribution in [0.25, 0.3) is 0 Å². The van der Waals surface area contributed by atoms with Crippen LogP contribution >= 0.6 is 0 Å². The van der Waals surface area contributed by atoms with E-state index in [-0.39, 0.29) is 5.92 Å². The van der Waals surface area contributed by atoms with Gasteiger partial charge in [0.25, 0.3) is 5.91 Å². The number of hydrogen-bond donors (Lipinski definition) is 2. The minimum absolute atomic E-state index is 0.100. The smallest absolute Gasteiger partial charge is 0.318 e. The molecular weight excluding hydrogens is 232 g/mol. The zero-order valence-electron chi connectivity index (χ0n) is 8.87. The van der Waals surface area contributed by atoms with Crippen molar-refractivity contribution in [2.24, 2.45) is 11.7 Å². The Morgan fingerprint density at radius 3 is 2.31 bits per heavy atom. The summed E-state index contributed by atoms with van der Waals surface area (Å²) < 4.78 is 31.6. The topological polar surface area (TPSA) is 101 Å². The summed E-state index contributed by atoms with van der Waals surface area (Å²) in [5.74, 6) is -0.596. The van der Waals surface area contributed by atoms with E-state index in [1.54, 1.807) is 0 Å². The molecule has 3 N–H and O–H groups in total. The SMILES string of the molecule is N[C@@H]1C(=O)N(S(=O)(=O)O)C1C1CCCCC1. The van der Waals surface area contributed by atoms with Gasteiger partial charge in [-0.15, -0.1) is 0 Å². The molecule has 1 aliphatic carbocycles. The van der Waals surface area contributed by atoms with Gasteiger partial charge in [0.1, 0.15) is 6.04 Å². The van der Waals surface area contributed by atoms with E-state index in [0.717, 1.165) is 32.1 Å². The van der Waals surface area contributed by atoms with Crippen LogP contribution in [-0.4, -0.2) is 35.3 Å². The van der Waals surface area contributed by atoms with Crippen LogP contribution in [0, 0.1) is 5.92 Å². The van der Waals surface area contributed by atoms with Crippen molar-refractivity contribution in [3.8, 4) is 0 Å². The van der Waals surface area contributed by atoms with E-state index < -0.39 is 28.3 Å². The lowest BCUT2D eigenvalue weighted by atomic mass is 9.78. The molecule has 0 aromatic carbocycles. The van der Waals surface area contributed by atoms with Crippen molar-refractivity contribution in [2.75, 3.05) is 0 Å². The molecule has 2 atom stereocenters. The Hall–Kier alpha value is -0.660. The van der Waals surface area contributed by atoms with Crippen LogP contribution in [0.4, 0.5) is 0 Å². The summed E-state index contributed by atoms with van der Waals surface area (Å²) in [5, 5.41) is 0. The summed E-state index contributed by atoms with van der Waals surface area (Å²) in [6.07, 6.45) is 4.94. The summed E-state index contributed by atoms with van der Waals surface area (Å²) in [5.41, 5.74) is 5.62. The number of hydrogen-bond acceptors (Lipinski definition) is 4. The summed E-state index contributed by atoms with van der Waals surface area (Å²) >= 11 is 0. The number of carbonyl (C=O) groups excluding carboxylic acids is 1. The lowest BCUT2D eigenvalue weighted by molar-refractivity contribution is -0.143. The number of amides is 1. The lowest BCUT2D eigenvalue weighted by Gasteiger charge is -2.47. The Kier molecular flexibility index (Phi) is 2.93. The molecule has 0 radical (unpaired) electrons. The highest BCUT2D eigenvalue weighted by Crippen LogP contribution is 2.36. The zero-order valence-corrected chi connectivity index (χ0v) is 9.69. The second-order valence-corrected chi connectivity index (χ2v) is 5.82. The maximum Gasteiger partial charge on any atom is 0.362 e. The molecule has 1 saturated heterocycles. The Morgan fingerprint density at radius 2 is 1.81 bits per heavy atom. The lowest BCUT2D eigenvalue weighted by Crippen LogP contribution is -2.72. The van der Waals surface area contributed by atoms with E-state index in [2.05, 4.69) is 0 Å². The second kappa shape index (κ2) is 3.97. The van der Waals surface area contributed by atoms with E-state index in [0.29, 0.717) is 4.31 Å². The molecule has 0 aromatic rings. The molecule has 1 heterocycles. The van der Waals surface area contributed by atoms with Crippen LogP contribution in [0.1, 0.15) is 32.1 Å². The van der Waals surface area contributed by atoms with Gasteiger partial charge in [0, 0.05) is 0 Å². The van der Waals surface area contributed by atoms with Crippen molar-refractivity contribution in [1.29, 1.82) is 0 Å². The molecular formula is C9H16N2O4S. The average Bonchev–Trinajstić information content (AvgIpc) is 2.23. The van der Waals surface area contributed by atoms with Crippen molar-refractivity contribution in [2.45, 2.75) is 44.2 Å². The second-order valence-electron chi connectivity index (χ2n) is 4.53. The van der Waals surface area contributed by atoms with Crippen LogP contribution in [0.5, 0.6) is 0 Å². The fourth-order valence-electron chi connectivity index (χ4n) is 2.73. The van der Waals surface area contributed by atoms with Crippen molar-refractivity contribution in [1.82, 2.24) is 4.31 Å². The first-order valence-electron chi connectivity index (χ1n) is 5.49. The van der Waals surface area contributed by atoms with Gasteiger partial charge in [-0.2, -0.15) is 8.42 Å². The van der Waals surface area contributed by atoms with Gasteiger partial charge in [0.15, 0.2) is 0 Å². The van der Waals surface area contributed by atoms with Gasteiger partial charge in [0.2, 0.25) is 0 Å². The molecule has 0 spiro atoms. The van der Waals surface area contributed by atoms with Crippen LogP contribution in [0.3, 0.4) is 0 Å². The molecule has 7 heteroatoms.